The number of benzene rings is 1. The highest BCUT2D eigenvalue weighted by Gasteiger charge is 2.60. The zero-order chi connectivity index (χ0) is 29.3. The molecule has 0 spiro atoms. The second-order valence-electron chi connectivity index (χ2n) is 12.5. The van der Waals surface area contributed by atoms with Gasteiger partial charge in [-0.25, -0.2) is 0 Å². The number of likely N-dealkylation sites (tertiary alicyclic amines) is 2. The zero-order valence-corrected chi connectivity index (χ0v) is 24.7. The highest BCUT2D eigenvalue weighted by Crippen LogP contribution is 2.52. The monoisotopic (exact) mass is 574 g/mol. The van der Waals surface area contributed by atoms with Crippen LogP contribution in [0.4, 0.5) is 0 Å². The van der Waals surface area contributed by atoms with Crippen molar-refractivity contribution in [2.75, 3.05) is 20.2 Å². The van der Waals surface area contributed by atoms with E-state index in [9.17, 15) is 14.4 Å². The van der Waals surface area contributed by atoms with E-state index in [0.717, 1.165) is 38.5 Å². The summed E-state index contributed by atoms with van der Waals surface area (Å²) in [6.45, 7) is 3.42. The van der Waals surface area contributed by atoms with Gasteiger partial charge < -0.3 is 23.7 Å². The van der Waals surface area contributed by atoms with Gasteiger partial charge in [-0.2, -0.15) is 0 Å². The molecule has 224 valence electrons. The fourth-order valence-electron chi connectivity index (χ4n) is 7.80. The fraction of sp³-hybridized carbons (Fsp3) is 0.559. The molecule has 1 saturated carbocycles. The van der Waals surface area contributed by atoms with Gasteiger partial charge in [-0.05, 0) is 74.6 Å². The zero-order valence-electron chi connectivity index (χ0n) is 24.7. The van der Waals surface area contributed by atoms with Crippen molar-refractivity contribution in [3.8, 4) is 0 Å². The molecule has 6 rings (SSSR count). The number of ether oxygens (including phenoxy) is 2. The summed E-state index contributed by atoms with van der Waals surface area (Å²) < 4.78 is 17.6. The van der Waals surface area contributed by atoms with Crippen molar-refractivity contribution in [3.63, 3.8) is 0 Å². The van der Waals surface area contributed by atoms with Crippen LogP contribution in [0.3, 0.4) is 0 Å². The first kappa shape index (κ1) is 28.7. The van der Waals surface area contributed by atoms with E-state index in [0.29, 0.717) is 36.4 Å². The maximum absolute atomic E-state index is 14.2. The Kier molecular flexibility index (Phi) is 8.26. The third-order valence-electron chi connectivity index (χ3n) is 10.2. The average molecular weight is 575 g/mol. The lowest BCUT2D eigenvalue weighted by Crippen LogP contribution is -2.60. The van der Waals surface area contributed by atoms with E-state index in [1.807, 2.05) is 30.0 Å². The Morgan fingerprint density at radius 2 is 1.76 bits per heavy atom. The Morgan fingerprint density at radius 1 is 1.02 bits per heavy atom. The van der Waals surface area contributed by atoms with Crippen molar-refractivity contribution in [1.82, 2.24) is 9.80 Å². The summed E-state index contributed by atoms with van der Waals surface area (Å²) in [4.78, 5) is 45.2. The van der Waals surface area contributed by atoms with Gasteiger partial charge in [0.1, 0.15) is 11.2 Å². The first-order valence-electron chi connectivity index (χ1n) is 15.5. The number of carbonyl (C=O) groups is 3. The van der Waals surface area contributed by atoms with Crippen LogP contribution in [0.1, 0.15) is 75.5 Å². The molecule has 8 heteroatoms. The molecular formula is C34H42N2O6. The number of piperidine rings is 2. The summed E-state index contributed by atoms with van der Waals surface area (Å²) in [6.07, 6.45) is 9.37. The summed E-state index contributed by atoms with van der Waals surface area (Å²) in [5.41, 5.74) is 0.760. The molecule has 0 N–H and O–H groups in total. The van der Waals surface area contributed by atoms with Gasteiger partial charge in [-0.3, -0.25) is 14.4 Å². The molecule has 2 amide bonds. The third kappa shape index (κ3) is 5.30. The summed E-state index contributed by atoms with van der Waals surface area (Å²) in [5, 5.41) is 0. The first-order chi connectivity index (χ1) is 20.4. The lowest BCUT2D eigenvalue weighted by atomic mass is 9.66. The van der Waals surface area contributed by atoms with Gasteiger partial charge in [0.15, 0.2) is 0 Å². The van der Waals surface area contributed by atoms with Crippen molar-refractivity contribution in [2.45, 2.75) is 83.0 Å². The van der Waals surface area contributed by atoms with Gasteiger partial charge in [-0.15, -0.1) is 0 Å². The van der Waals surface area contributed by atoms with E-state index in [-0.39, 0.29) is 37.3 Å². The maximum atomic E-state index is 14.2. The Hall–Kier alpha value is -3.39. The largest absolute Gasteiger partial charge is 0.468 e. The molecule has 3 aliphatic heterocycles. The third-order valence-corrected chi connectivity index (χ3v) is 10.2. The number of amides is 2. The molecule has 42 heavy (non-hydrogen) atoms. The second-order valence-corrected chi connectivity index (χ2v) is 12.5. The maximum Gasteiger partial charge on any atom is 0.320 e. The molecule has 4 heterocycles. The number of carbonyl (C=O) groups excluding carboxylic acids is 3. The number of furan rings is 1. The second kappa shape index (κ2) is 12.1. The molecule has 1 aliphatic carbocycles. The first-order valence-corrected chi connectivity index (χ1v) is 15.5. The van der Waals surface area contributed by atoms with Crippen molar-refractivity contribution >= 4 is 17.8 Å². The van der Waals surface area contributed by atoms with Crippen LogP contribution in [0, 0.1) is 17.3 Å². The molecule has 1 aromatic heterocycles. The van der Waals surface area contributed by atoms with Crippen LogP contribution in [0.5, 0.6) is 0 Å². The van der Waals surface area contributed by atoms with Gasteiger partial charge >= 0.3 is 5.97 Å². The molecule has 3 fully saturated rings. The molecule has 8 nitrogen and oxygen atoms in total. The highest BCUT2D eigenvalue weighted by molar-refractivity contribution is 5.92. The smallest absolute Gasteiger partial charge is 0.320 e. The number of fused-ring (bicyclic) bond motifs is 1. The lowest BCUT2D eigenvalue weighted by molar-refractivity contribution is -0.178. The summed E-state index contributed by atoms with van der Waals surface area (Å²) in [6, 6.07) is 14.1. The molecule has 0 bridgehead atoms. The SMILES string of the molecule is COC(=O)[C@]12C[C@H](CC(=O)N3CCC(c4ccccc4)CC3)C(=O)N(Cc3ccco3)C1=C[C@H](C1CCCC1)O[C@@H]2C. The minimum absolute atomic E-state index is 0.0431. The van der Waals surface area contributed by atoms with Crippen LogP contribution in [0.15, 0.2) is 64.9 Å². The normalized spacial score (nSPS) is 28.9. The van der Waals surface area contributed by atoms with Gasteiger partial charge in [0.25, 0.3) is 0 Å². The standard InChI is InChI=1S/C34H42N2O6/c1-23-34(33(39)40-2)21-27(19-31(37)35-16-14-25(15-17-35)24-9-4-3-5-10-24)32(38)36(22-28-13-8-18-41-28)30(34)20-29(42-23)26-11-6-7-12-26/h3-5,8-10,13,18,20,23,25-27,29H,6-7,11-12,14-17,19,21-22H2,1-2H3/t23-,27+,29-,34+/m1/s1. The Labute approximate surface area is 248 Å². The molecule has 4 aliphatic rings. The number of esters is 1. The number of nitrogens with zero attached hydrogens (tertiary/aromatic N) is 2. The van der Waals surface area contributed by atoms with Crippen LogP contribution in [-0.2, 0) is 30.4 Å². The summed E-state index contributed by atoms with van der Waals surface area (Å²) in [5.74, 6) is 0.110. The molecule has 4 atom stereocenters. The number of rotatable bonds is 7. The predicted molar refractivity (Wildman–Crippen MR) is 156 cm³/mol. The van der Waals surface area contributed by atoms with E-state index in [1.54, 1.807) is 17.2 Å². The topological polar surface area (TPSA) is 89.3 Å². The minimum atomic E-state index is -1.18. The average Bonchev–Trinajstić information content (AvgIpc) is 3.75. The Balaban J connectivity index is 1.27. The van der Waals surface area contributed by atoms with Crippen molar-refractivity contribution in [3.05, 3.63) is 71.8 Å². The summed E-state index contributed by atoms with van der Waals surface area (Å²) in [7, 11) is 1.38. The lowest BCUT2D eigenvalue weighted by Gasteiger charge is -2.52. The van der Waals surface area contributed by atoms with Gasteiger partial charge in [-0.1, -0.05) is 43.2 Å². The molecular weight excluding hydrogens is 532 g/mol. The summed E-state index contributed by atoms with van der Waals surface area (Å²) >= 11 is 0. The number of hydrogen-bond acceptors (Lipinski definition) is 6. The van der Waals surface area contributed by atoms with Crippen molar-refractivity contribution in [2.24, 2.45) is 17.3 Å². The Bertz CT molecular complexity index is 1290. The van der Waals surface area contributed by atoms with E-state index in [4.69, 9.17) is 13.9 Å². The molecule has 1 aromatic carbocycles. The number of hydrogen-bond donors (Lipinski definition) is 0. The molecule has 2 saturated heterocycles. The predicted octanol–water partition coefficient (Wildman–Crippen LogP) is 5.45. The highest BCUT2D eigenvalue weighted by atomic mass is 16.5. The van der Waals surface area contributed by atoms with Gasteiger partial charge in [0.2, 0.25) is 11.8 Å². The molecule has 0 unspecified atom stereocenters. The van der Waals surface area contributed by atoms with Crippen LogP contribution in [0.25, 0.3) is 0 Å². The fourth-order valence-corrected chi connectivity index (χ4v) is 7.80. The Morgan fingerprint density at radius 3 is 2.43 bits per heavy atom. The van der Waals surface area contributed by atoms with E-state index < -0.39 is 23.4 Å². The van der Waals surface area contributed by atoms with Gasteiger partial charge in [0, 0.05) is 31.1 Å². The molecule has 2 aromatic rings. The quantitative estimate of drug-likeness (QED) is 0.409. The van der Waals surface area contributed by atoms with Crippen LogP contribution in [-0.4, -0.2) is 60.0 Å². The van der Waals surface area contributed by atoms with Crippen molar-refractivity contribution < 1.29 is 28.3 Å². The van der Waals surface area contributed by atoms with E-state index in [1.165, 1.54) is 12.7 Å². The van der Waals surface area contributed by atoms with E-state index >= 15 is 0 Å². The van der Waals surface area contributed by atoms with Gasteiger partial charge in [0.05, 0.1) is 32.1 Å². The minimum Gasteiger partial charge on any atom is -0.468 e. The molecule has 0 radical (unpaired) electrons. The van der Waals surface area contributed by atoms with Crippen LogP contribution < -0.4 is 0 Å². The van der Waals surface area contributed by atoms with Crippen molar-refractivity contribution in [1.29, 1.82) is 0 Å². The van der Waals surface area contributed by atoms with E-state index in [2.05, 4.69) is 24.3 Å². The van der Waals surface area contributed by atoms with Crippen LogP contribution >= 0.6 is 0 Å². The van der Waals surface area contributed by atoms with Crippen LogP contribution in [0.2, 0.25) is 0 Å². The number of methoxy groups -OCH3 is 1.